The van der Waals surface area contributed by atoms with Crippen LogP contribution in [0, 0.1) is 11.8 Å². The Kier molecular flexibility index (Phi) is 3.00. The summed E-state index contributed by atoms with van der Waals surface area (Å²) in [4.78, 5) is 6.97. The van der Waals surface area contributed by atoms with Crippen LogP contribution in [0.2, 0.25) is 0 Å². The van der Waals surface area contributed by atoms with E-state index in [-0.39, 0.29) is 0 Å². The quantitative estimate of drug-likeness (QED) is 0.844. The zero-order valence-electron chi connectivity index (χ0n) is 12.1. The van der Waals surface area contributed by atoms with Gasteiger partial charge in [-0.1, -0.05) is 6.07 Å². The summed E-state index contributed by atoms with van der Waals surface area (Å²) in [5.41, 5.74) is 6.12. The minimum atomic E-state index is 0.301. The number of nitrogens with zero attached hydrogens (tertiary/aromatic N) is 2. The van der Waals surface area contributed by atoms with Gasteiger partial charge in [-0.25, -0.2) is 4.98 Å². The number of benzene rings is 1. The Bertz CT molecular complexity index is 672. The summed E-state index contributed by atoms with van der Waals surface area (Å²) >= 11 is 0. The summed E-state index contributed by atoms with van der Waals surface area (Å²) in [6.45, 7) is 2.11. The van der Waals surface area contributed by atoms with Crippen molar-refractivity contribution in [3.63, 3.8) is 0 Å². The molecule has 2 fully saturated rings. The van der Waals surface area contributed by atoms with Gasteiger partial charge in [-0.3, -0.25) is 0 Å². The molecular formula is C17H21N3O. The van der Waals surface area contributed by atoms with Crippen LogP contribution in [0.15, 0.2) is 30.5 Å². The molecule has 0 radical (unpaired) electrons. The zero-order chi connectivity index (χ0) is 14.4. The van der Waals surface area contributed by atoms with E-state index in [9.17, 15) is 5.11 Å². The third-order valence-corrected chi connectivity index (χ3v) is 5.12. The standard InChI is InChI=1S/C17H21N3O/c18-14-3-1-12-9-20(10-13(12)7-14)17-16-8-15(21)4-2-11(16)5-6-19-17/h2,4-6,8,12-14,21H,1,3,7,9-10,18H2/t12-,13+,14?/m1/s1. The molecule has 1 aromatic heterocycles. The van der Waals surface area contributed by atoms with Crippen LogP contribution in [0.4, 0.5) is 5.82 Å². The molecule has 1 aliphatic heterocycles. The van der Waals surface area contributed by atoms with E-state index >= 15 is 0 Å². The van der Waals surface area contributed by atoms with Crippen LogP contribution in [-0.4, -0.2) is 29.2 Å². The van der Waals surface area contributed by atoms with Crippen molar-refractivity contribution < 1.29 is 5.11 Å². The molecule has 3 N–H and O–H groups in total. The summed E-state index contributed by atoms with van der Waals surface area (Å²) < 4.78 is 0. The van der Waals surface area contributed by atoms with Crippen molar-refractivity contribution in [2.45, 2.75) is 25.3 Å². The molecule has 0 spiro atoms. The van der Waals surface area contributed by atoms with Gasteiger partial charge in [0.1, 0.15) is 11.6 Å². The average Bonchev–Trinajstić information content (AvgIpc) is 2.89. The Morgan fingerprint density at radius 1 is 1.14 bits per heavy atom. The number of anilines is 1. The van der Waals surface area contributed by atoms with Gasteiger partial charge in [-0.15, -0.1) is 0 Å². The van der Waals surface area contributed by atoms with E-state index in [4.69, 9.17) is 5.73 Å². The lowest BCUT2D eigenvalue weighted by Gasteiger charge is -2.27. The number of hydrogen-bond donors (Lipinski definition) is 2. The van der Waals surface area contributed by atoms with Crippen molar-refractivity contribution in [2.24, 2.45) is 17.6 Å². The van der Waals surface area contributed by atoms with E-state index in [2.05, 4.69) is 9.88 Å². The normalized spacial score (nSPS) is 28.8. The molecule has 1 unspecified atom stereocenters. The molecule has 2 heterocycles. The van der Waals surface area contributed by atoms with Gasteiger partial charge in [0, 0.05) is 30.7 Å². The maximum absolute atomic E-state index is 9.78. The highest BCUT2D eigenvalue weighted by Crippen LogP contribution is 2.39. The molecule has 1 aliphatic carbocycles. The summed E-state index contributed by atoms with van der Waals surface area (Å²) in [7, 11) is 0. The SMILES string of the molecule is NC1CC[C@@H]2CN(c3nccc4ccc(O)cc34)C[C@@H]2C1. The minimum absolute atomic E-state index is 0.301. The fourth-order valence-corrected chi connectivity index (χ4v) is 4.03. The number of phenolic OH excluding ortho intramolecular Hbond substituents is 1. The van der Waals surface area contributed by atoms with Gasteiger partial charge in [0.05, 0.1) is 0 Å². The largest absolute Gasteiger partial charge is 0.508 e. The lowest BCUT2D eigenvalue weighted by Crippen LogP contribution is -2.32. The highest BCUT2D eigenvalue weighted by molar-refractivity contribution is 5.93. The van der Waals surface area contributed by atoms with Crippen molar-refractivity contribution in [1.29, 1.82) is 0 Å². The molecule has 0 amide bonds. The predicted octanol–water partition coefficient (Wildman–Crippen LogP) is 2.50. The number of pyridine rings is 1. The second-order valence-corrected chi connectivity index (χ2v) is 6.54. The van der Waals surface area contributed by atoms with Crippen molar-refractivity contribution in [1.82, 2.24) is 4.98 Å². The first kappa shape index (κ1) is 12.9. The smallest absolute Gasteiger partial charge is 0.136 e. The van der Waals surface area contributed by atoms with Crippen molar-refractivity contribution >= 4 is 16.6 Å². The first-order valence-corrected chi connectivity index (χ1v) is 7.79. The van der Waals surface area contributed by atoms with Crippen LogP contribution in [0.5, 0.6) is 5.75 Å². The fourth-order valence-electron chi connectivity index (χ4n) is 4.03. The fraction of sp³-hybridized carbons (Fsp3) is 0.471. The molecule has 1 saturated carbocycles. The lowest BCUT2D eigenvalue weighted by atomic mass is 9.79. The van der Waals surface area contributed by atoms with Crippen LogP contribution >= 0.6 is 0 Å². The molecule has 2 aliphatic rings. The van der Waals surface area contributed by atoms with Crippen LogP contribution in [0.3, 0.4) is 0 Å². The van der Waals surface area contributed by atoms with E-state index < -0.39 is 0 Å². The number of aromatic nitrogens is 1. The van der Waals surface area contributed by atoms with Gasteiger partial charge < -0.3 is 15.7 Å². The number of fused-ring (bicyclic) bond motifs is 2. The monoisotopic (exact) mass is 283 g/mol. The van der Waals surface area contributed by atoms with Gasteiger partial charge in [0.15, 0.2) is 0 Å². The number of rotatable bonds is 1. The lowest BCUT2D eigenvalue weighted by molar-refractivity contribution is 0.271. The number of nitrogens with two attached hydrogens (primary N) is 1. The third-order valence-electron chi connectivity index (χ3n) is 5.12. The van der Waals surface area contributed by atoms with E-state index in [0.717, 1.165) is 48.4 Å². The molecule has 0 bridgehead atoms. The summed E-state index contributed by atoms with van der Waals surface area (Å²) in [6.07, 6.45) is 5.39. The Balaban J connectivity index is 1.69. The van der Waals surface area contributed by atoms with Gasteiger partial charge in [0.2, 0.25) is 0 Å². The zero-order valence-corrected chi connectivity index (χ0v) is 12.1. The number of hydrogen-bond acceptors (Lipinski definition) is 4. The van der Waals surface area contributed by atoms with Crippen molar-refractivity contribution in [3.8, 4) is 5.75 Å². The summed E-state index contributed by atoms with van der Waals surface area (Å²) in [5.74, 6) is 2.75. The Hall–Kier alpha value is -1.81. The molecule has 4 nitrogen and oxygen atoms in total. The molecular weight excluding hydrogens is 262 g/mol. The maximum Gasteiger partial charge on any atom is 0.136 e. The highest BCUT2D eigenvalue weighted by Gasteiger charge is 2.37. The molecule has 2 aromatic rings. The van der Waals surface area contributed by atoms with Gasteiger partial charge >= 0.3 is 0 Å². The Morgan fingerprint density at radius 2 is 2.00 bits per heavy atom. The van der Waals surface area contributed by atoms with E-state index in [0.29, 0.717) is 17.7 Å². The second-order valence-electron chi connectivity index (χ2n) is 6.54. The van der Waals surface area contributed by atoms with E-state index in [1.54, 1.807) is 6.07 Å². The average molecular weight is 283 g/mol. The van der Waals surface area contributed by atoms with Gasteiger partial charge in [-0.05, 0) is 54.7 Å². The number of aromatic hydroxyl groups is 1. The molecule has 21 heavy (non-hydrogen) atoms. The Labute approximate surface area is 124 Å². The molecule has 4 rings (SSSR count). The third kappa shape index (κ3) is 2.23. The van der Waals surface area contributed by atoms with Crippen LogP contribution < -0.4 is 10.6 Å². The molecule has 4 heteroatoms. The highest BCUT2D eigenvalue weighted by atomic mass is 16.3. The van der Waals surface area contributed by atoms with Crippen LogP contribution in [0.25, 0.3) is 10.8 Å². The second kappa shape index (κ2) is 4.88. The van der Waals surface area contributed by atoms with Gasteiger partial charge in [-0.2, -0.15) is 0 Å². The predicted molar refractivity (Wildman–Crippen MR) is 84.4 cm³/mol. The van der Waals surface area contributed by atoms with Gasteiger partial charge in [0.25, 0.3) is 0 Å². The number of phenols is 1. The minimum Gasteiger partial charge on any atom is -0.508 e. The van der Waals surface area contributed by atoms with Crippen LogP contribution in [-0.2, 0) is 0 Å². The molecule has 1 saturated heterocycles. The molecule has 1 aromatic carbocycles. The molecule has 3 atom stereocenters. The first-order valence-electron chi connectivity index (χ1n) is 7.79. The Morgan fingerprint density at radius 3 is 2.90 bits per heavy atom. The maximum atomic E-state index is 9.78. The van der Waals surface area contributed by atoms with Crippen molar-refractivity contribution in [2.75, 3.05) is 18.0 Å². The molecule has 110 valence electrons. The topological polar surface area (TPSA) is 62.4 Å². The first-order chi connectivity index (χ1) is 10.2. The van der Waals surface area contributed by atoms with E-state index in [1.165, 1.54) is 6.42 Å². The van der Waals surface area contributed by atoms with Crippen molar-refractivity contribution in [3.05, 3.63) is 30.5 Å². The van der Waals surface area contributed by atoms with E-state index in [1.807, 2.05) is 24.4 Å². The van der Waals surface area contributed by atoms with Crippen LogP contribution in [0.1, 0.15) is 19.3 Å². The summed E-state index contributed by atoms with van der Waals surface area (Å²) in [6, 6.07) is 7.88. The summed E-state index contributed by atoms with van der Waals surface area (Å²) in [5, 5.41) is 11.9.